The summed E-state index contributed by atoms with van der Waals surface area (Å²) in [5.41, 5.74) is -1.12. The Hall–Kier alpha value is -3.02. The van der Waals surface area contributed by atoms with Crippen molar-refractivity contribution in [3.8, 4) is 11.5 Å². The number of nitrogens with zero attached hydrogens (tertiary/aromatic N) is 1. The monoisotopic (exact) mass is 392 g/mol. The average Bonchev–Trinajstić information content (AvgIpc) is 2.53. The van der Waals surface area contributed by atoms with Crippen LogP contribution in [0.3, 0.4) is 0 Å². The minimum atomic E-state index is -4.62. The summed E-state index contributed by atoms with van der Waals surface area (Å²) in [5.74, 6) is -1.11. The summed E-state index contributed by atoms with van der Waals surface area (Å²) in [5, 5.41) is 20.2. The van der Waals surface area contributed by atoms with Crippen LogP contribution in [0.2, 0.25) is 0 Å². The Kier molecular flexibility index (Phi) is 5.25. The van der Waals surface area contributed by atoms with Crippen molar-refractivity contribution in [3.63, 3.8) is 0 Å². The number of phenolic OH excluding ortho intramolecular Hbond substituents is 1. The van der Waals surface area contributed by atoms with E-state index < -0.39 is 44.1 Å². The zero-order valence-electron chi connectivity index (χ0n) is 12.7. The van der Waals surface area contributed by atoms with Crippen LogP contribution in [0.15, 0.2) is 47.4 Å². The first-order valence-electron chi connectivity index (χ1n) is 6.78. The Bertz CT molecular complexity index is 931. The second kappa shape index (κ2) is 7.07. The topological polar surface area (TPSA) is 119 Å². The first-order valence-corrected chi connectivity index (χ1v) is 8.27. The van der Waals surface area contributed by atoms with Gasteiger partial charge in [-0.2, -0.15) is 13.2 Å². The molecule has 0 heterocycles. The summed E-state index contributed by atoms with van der Waals surface area (Å²) in [6, 6.07) is 7.34. The second-order valence-electron chi connectivity index (χ2n) is 4.91. The lowest BCUT2D eigenvalue weighted by molar-refractivity contribution is -0.386. The van der Waals surface area contributed by atoms with Crippen molar-refractivity contribution in [2.45, 2.75) is 11.1 Å². The zero-order valence-corrected chi connectivity index (χ0v) is 13.5. The molecule has 26 heavy (non-hydrogen) atoms. The van der Waals surface area contributed by atoms with Crippen LogP contribution in [0.1, 0.15) is 0 Å². The van der Waals surface area contributed by atoms with Crippen molar-refractivity contribution in [2.24, 2.45) is 0 Å². The van der Waals surface area contributed by atoms with Crippen molar-refractivity contribution in [2.75, 3.05) is 11.3 Å². The van der Waals surface area contributed by atoms with Crippen LogP contribution in [-0.2, 0) is 10.0 Å². The number of benzene rings is 2. The number of sulfonamides is 1. The van der Waals surface area contributed by atoms with Gasteiger partial charge in [0.25, 0.3) is 10.0 Å². The number of ether oxygens (including phenoxy) is 1. The molecule has 2 aromatic carbocycles. The molecule has 0 unspecified atom stereocenters. The van der Waals surface area contributed by atoms with Crippen LogP contribution in [0, 0.1) is 10.1 Å². The Labute approximate surface area is 145 Å². The maximum Gasteiger partial charge on any atom is 0.422 e. The molecule has 0 amide bonds. The summed E-state index contributed by atoms with van der Waals surface area (Å²) < 4.78 is 68.1. The van der Waals surface area contributed by atoms with Crippen LogP contribution >= 0.6 is 0 Å². The number of anilines is 1. The molecule has 0 aliphatic carbocycles. The predicted octanol–water partition coefficient (Wildman–Crippen LogP) is 3.04. The fourth-order valence-electron chi connectivity index (χ4n) is 1.86. The summed E-state index contributed by atoms with van der Waals surface area (Å²) in [4.78, 5) is 9.26. The Morgan fingerprint density at radius 3 is 2.46 bits per heavy atom. The van der Waals surface area contributed by atoms with Crippen molar-refractivity contribution in [3.05, 3.63) is 52.6 Å². The lowest BCUT2D eigenvalue weighted by Gasteiger charge is -2.14. The van der Waals surface area contributed by atoms with Crippen molar-refractivity contribution < 1.29 is 36.4 Å². The minimum Gasteiger partial charge on any atom is -0.502 e. The van der Waals surface area contributed by atoms with Gasteiger partial charge in [-0.05, 0) is 24.3 Å². The summed E-state index contributed by atoms with van der Waals surface area (Å²) in [6.07, 6.45) is -4.62. The van der Waals surface area contributed by atoms with E-state index in [-0.39, 0.29) is 11.4 Å². The molecule has 0 bridgehead atoms. The molecule has 2 N–H and O–H groups in total. The van der Waals surface area contributed by atoms with E-state index in [0.29, 0.717) is 6.07 Å². The van der Waals surface area contributed by atoms with Crippen LogP contribution in [0.5, 0.6) is 11.5 Å². The van der Waals surface area contributed by atoms with Crippen LogP contribution in [0.25, 0.3) is 0 Å². The Morgan fingerprint density at radius 1 is 1.19 bits per heavy atom. The van der Waals surface area contributed by atoms with E-state index in [0.717, 1.165) is 24.3 Å². The van der Waals surface area contributed by atoms with E-state index in [1.54, 1.807) is 0 Å². The molecule has 12 heteroatoms. The van der Waals surface area contributed by atoms with E-state index in [2.05, 4.69) is 4.74 Å². The normalized spacial score (nSPS) is 11.8. The molecule has 8 nitrogen and oxygen atoms in total. The number of hydrogen-bond donors (Lipinski definition) is 2. The maximum absolute atomic E-state index is 12.3. The Morgan fingerprint density at radius 2 is 1.85 bits per heavy atom. The highest BCUT2D eigenvalue weighted by molar-refractivity contribution is 7.92. The molecule has 0 aliphatic heterocycles. The zero-order chi connectivity index (χ0) is 19.5. The molecule has 2 aromatic rings. The van der Waals surface area contributed by atoms with E-state index in [1.807, 2.05) is 4.72 Å². The number of para-hydroxylation sites is 2. The van der Waals surface area contributed by atoms with Gasteiger partial charge in [0.2, 0.25) is 0 Å². The van der Waals surface area contributed by atoms with Gasteiger partial charge in [-0.1, -0.05) is 12.1 Å². The van der Waals surface area contributed by atoms with Gasteiger partial charge < -0.3 is 9.84 Å². The van der Waals surface area contributed by atoms with Crippen LogP contribution < -0.4 is 9.46 Å². The molecule has 2 rings (SSSR count). The number of phenols is 1. The van der Waals surface area contributed by atoms with Gasteiger partial charge >= 0.3 is 11.9 Å². The molecule has 0 saturated heterocycles. The molecular formula is C14H11F3N2O6S. The van der Waals surface area contributed by atoms with E-state index in [4.69, 9.17) is 0 Å². The summed E-state index contributed by atoms with van der Waals surface area (Å²) in [7, 11) is -4.39. The SMILES string of the molecule is O=[N+]([O-])c1cc(S(=O)(=O)Nc2ccccc2OCC(F)(F)F)ccc1O. The lowest BCUT2D eigenvalue weighted by atomic mass is 10.3. The maximum atomic E-state index is 12.3. The van der Waals surface area contributed by atoms with Gasteiger partial charge in [0.05, 0.1) is 15.5 Å². The fourth-order valence-corrected chi connectivity index (χ4v) is 2.95. The fraction of sp³-hybridized carbons (Fsp3) is 0.143. The second-order valence-corrected chi connectivity index (χ2v) is 6.60. The number of hydrogen-bond acceptors (Lipinski definition) is 6. The molecule has 0 atom stereocenters. The lowest BCUT2D eigenvalue weighted by Crippen LogP contribution is -2.20. The third-order valence-electron chi connectivity index (χ3n) is 2.98. The quantitative estimate of drug-likeness (QED) is 0.576. The summed E-state index contributed by atoms with van der Waals surface area (Å²) in [6.45, 7) is -1.63. The molecule has 140 valence electrons. The number of rotatable bonds is 6. The van der Waals surface area contributed by atoms with Crippen LogP contribution in [0.4, 0.5) is 24.5 Å². The van der Waals surface area contributed by atoms with Gasteiger partial charge in [0, 0.05) is 6.07 Å². The van der Waals surface area contributed by atoms with Gasteiger partial charge in [0.15, 0.2) is 12.4 Å². The molecule has 0 radical (unpaired) electrons. The highest BCUT2D eigenvalue weighted by atomic mass is 32.2. The van der Waals surface area contributed by atoms with E-state index >= 15 is 0 Å². The predicted molar refractivity (Wildman–Crippen MR) is 83.6 cm³/mol. The number of alkyl halides is 3. The third-order valence-corrected chi connectivity index (χ3v) is 4.34. The average molecular weight is 392 g/mol. The highest BCUT2D eigenvalue weighted by Crippen LogP contribution is 2.31. The summed E-state index contributed by atoms with van der Waals surface area (Å²) >= 11 is 0. The number of nitrogens with one attached hydrogen (secondary N) is 1. The molecule has 0 spiro atoms. The highest BCUT2D eigenvalue weighted by Gasteiger charge is 2.29. The molecule has 0 fully saturated rings. The van der Waals surface area contributed by atoms with Gasteiger partial charge in [0.1, 0.15) is 5.75 Å². The molecule has 0 aliphatic rings. The number of nitro groups is 1. The third kappa shape index (κ3) is 4.75. The molecular weight excluding hydrogens is 381 g/mol. The van der Waals surface area contributed by atoms with Crippen molar-refractivity contribution >= 4 is 21.4 Å². The van der Waals surface area contributed by atoms with Gasteiger partial charge in [-0.15, -0.1) is 0 Å². The van der Waals surface area contributed by atoms with E-state index in [1.165, 1.54) is 12.1 Å². The van der Waals surface area contributed by atoms with E-state index in [9.17, 15) is 36.8 Å². The molecule has 0 aromatic heterocycles. The van der Waals surface area contributed by atoms with Crippen molar-refractivity contribution in [1.82, 2.24) is 0 Å². The van der Waals surface area contributed by atoms with Crippen molar-refractivity contribution in [1.29, 1.82) is 0 Å². The molecule has 0 saturated carbocycles. The first-order chi connectivity index (χ1) is 12.0. The number of halogens is 3. The smallest absolute Gasteiger partial charge is 0.422 e. The number of aromatic hydroxyl groups is 1. The van der Waals surface area contributed by atoms with Gasteiger partial charge in [-0.3, -0.25) is 14.8 Å². The van der Waals surface area contributed by atoms with Crippen LogP contribution in [-0.4, -0.2) is 31.2 Å². The van der Waals surface area contributed by atoms with Gasteiger partial charge in [-0.25, -0.2) is 8.42 Å². The Balaban J connectivity index is 2.33. The minimum absolute atomic E-state index is 0.285. The largest absolute Gasteiger partial charge is 0.502 e. The standard InChI is InChI=1S/C14H11F3N2O6S/c15-14(16,17)8-25-13-4-2-1-3-10(13)18-26(23,24)9-5-6-12(20)11(7-9)19(21)22/h1-7,18,20H,8H2. The first kappa shape index (κ1) is 19.3. The number of nitro benzene ring substituents is 1.